The zero-order valence-corrected chi connectivity index (χ0v) is 6.41. The summed E-state index contributed by atoms with van der Waals surface area (Å²) in [5.41, 5.74) is -4.34. The highest BCUT2D eigenvalue weighted by molar-refractivity contribution is 8.00. The van der Waals surface area contributed by atoms with Gasteiger partial charge >= 0.3 is 5.25 Å². The summed E-state index contributed by atoms with van der Waals surface area (Å²) in [5, 5.41) is -4.34. The molecule has 1 fully saturated rings. The fraction of sp³-hybridized carbons (Fsp3) is 1.00. The van der Waals surface area contributed by atoms with Gasteiger partial charge in [0, 0.05) is 0 Å². The minimum atomic E-state index is -4.34. The summed E-state index contributed by atoms with van der Waals surface area (Å²) in [5.74, 6) is -5.68. The Kier molecular flexibility index (Phi) is 2.05. The van der Waals surface area contributed by atoms with Crippen LogP contribution >= 0.6 is 11.8 Å². The first kappa shape index (κ1) is 10.0. The Bertz CT molecular complexity index is 174. The van der Waals surface area contributed by atoms with E-state index in [4.69, 9.17) is 0 Å². The third-order valence-electron chi connectivity index (χ3n) is 1.66. The molecule has 0 radical (unpaired) electrons. The first-order chi connectivity index (χ1) is 5.27. The second-order valence-corrected chi connectivity index (χ2v) is 3.53. The second kappa shape index (κ2) is 2.46. The van der Waals surface area contributed by atoms with Crippen LogP contribution in [0.25, 0.3) is 0 Å². The highest BCUT2D eigenvalue weighted by Gasteiger charge is 2.75. The number of halogens is 6. The first-order valence-electron chi connectivity index (χ1n) is 2.91. The van der Waals surface area contributed by atoms with Crippen LogP contribution < -0.4 is 0 Å². The third kappa shape index (κ3) is 1.02. The van der Waals surface area contributed by atoms with E-state index in [2.05, 4.69) is 0 Å². The predicted octanol–water partition coefficient (Wildman–Crippen LogP) is 2.64. The topological polar surface area (TPSA) is 0 Å². The Balaban J connectivity index is 3.04. The standard InChI is InChI=1S/C5H4F6S/c6-1-3(7)4(8,9)2-12-5(3,10)11/h1-2H2. The van der Waals surface area contributed by atoms with Crippen LogP contribution in [0.2, 0.25) is 0 Å². The van der Waals surface area contributed by atoms with Crippen molar-refractivity contribution >= 4 is 11.8 Å². The van der Waals surface area contributed by atoms with Crippen LogP contribution in [0.1, 0.15) is 0 Å². The van der Waals surface area contributed by atoms with Crippen LogP contribution in [0.4, 0.5) is 26.3 Å². The van der Waals surface area contributed by atoms with Crippen LogP contribution in [0.15, 0.2) is 0 Å². The smallest absolute Gasteiger partial charge is 0.247 e. The van der Waals surface area contributed by atoms with Crippen LogP contribution in [-0.4, -0.2) is 29.3 Å². The van der Waals surface area contributed by atoms with Crippen molar-refractivity contribution in [2.45, 2.75) is 16.8 Å². The van der Waals surface area contributed by atoms with E-state index in [1.165, 1.54) is 0 Å². The molecule has 1 saturated heterocycles. The van der Waals surface area contributed by atoms with Crippen LogP contribution in [0.3, 0.4) is 0 Å². The van der Waals surface area contributed by atoms with Gasteiger partial charge in [-0.1, -0.05) is 11.8 Å². The third-order valence-corrected chi connectivity index (χ3v) is 2.85. The molecule has 0 bridgehead atoms. The number of thioether (sulfide) groups is 1. The molecule has 0 spiro atoms. The fourth-order valence-electron chi connectivity index (χ4n) is 0.799. The summed E-state index contributed by atoms with van der Waals surface area (Å²) in [6, 6.07) is 0. The van der Waals surface area contributed by atoms with Crippen LogP contribution in [-0.2, 0) is 0 Å². The lowest BCUT2D eigenvalue weighted by atomic mass is 10.0. The van der Waals surface area contributed by atoms with Gasteiger partial charge < -0.3 is 0 Å². The Morgan fingerprint density at radius 2 is 1.58 bits per heavy atom. The average Bonchev–Trinajstić information content (AvgIpc) is 2.12. The molecule has 1 aliphatic rings. The van der Waals surface area contributed by atoms with Crippen LogP contribution in [0, 0.1) is 0 Å². The Labute approximate surface area is 68.3 Å². The molecule has 0 nitrogen and oxygen atoms in total. The zero-order valence-electron chi connectivity index (χ0n) is 5.59. The lowest BCUT2D eigenvalue weighted by Gasteiger charge is -2.26. The lowest BCUT2D eigenvalue weighted by Crippen LogP contribution is -2.52. The van der Waals surface area contributed by atoms with Crippen molar-refractivity contribution < 1.29 is 26.3 Å². The quantitative estimate of drug-likeness (QED) is 0.599. The molecule has 1 unspecified atom stereocenters. The average molecular weight is 210 g/mol. The van der Waals surface area contributed by atoms with E-state index >= 15 is 0 Å². The largest absolute Gasteiger partial charge is 0.336 e. The van der Waals surface area contributed by atoms with Gasteiger partial charge in [-0.25, -0.2) is 17.6 Å². The maximum Gasteiger partial charge on any atom is 0.336 e. The van der Waals surface area contributed by atoms with Crippen molar-refractivity contribution in [1.82, 2.24) is 0 Å². The van der Waals surface area contributed by atoms with Gasteiger partial charge in [-0.05, 0) is 0 Å². The number of hydrogen-bond acceptors (Lipinski definition) is 1. The summed E-state index contributed by atoms with van der Waals surface area (Å²) >= 11 is -0.560. The number of rotatable bonds is 1. The van der Waals surface area contributed by atoms with Gasteiger partial charge in [0.1, 0.15) is 6.67 Å². The lowest BCUT2D eigenvalue weighted by molar-refractivity contribution is -0.192. The monoisotopic (exact) mass is 210 g/mol. The fourth-order valence-corrected chi connectivity index (χ4v) is 1.82. The minimum absolute atomic E-state index is 0.560. The molecule has 1 aliphatic heterocycles. The molecule has 0 amide bonds. The van der Waals surface area contributed by atoms with Gasteiger partial charge in [0.2, 0.25) is 0 Å². The normalized spacial score (nSPS) is 38.5. The summed E-state index contributed by atoms with van der Waals surface area (Å²) in [6.45, 7) is -2.38. The van der Waals surface area contributed by atoms with Crippen molar-refractivity contribution in [3.05, 3.63) is 0 Å². The summed E-state index contributed by atoms with van der Waals surface area (Å²) in [6.07, 6.45) is 0. The van der Waals surface area contributed by atoms with Crippen molar-refractivity contribution in [1.29, 1.82) is 0 Å². The first-order valence-corrected chi connectivity index (χ1v) is 3.90. The SMILES string of the molecule is FCC1(F)C(F)(F)CSC1(F)F. The van der Waals surface area contributed by atoms with Gasteiger partial charge in [0.15, 0.2) is 0 Å². The van der Waals surface area contributed by atoms with Gasteiger partial charge in [-0.2, -0.15) is 8.78 Å². The molecule has 0 aromatic carbocycles. The Morgan fingerprint density at radius 1 is 1.08 bits per heavy atom. The molecular weight excluding hydrogens is 206 g/mol. The maximum absolute atomic E-state index is 12.7. The highest BCUT2D eigenvalue weighted by Crippen LogP contribution is 2.58. The van der Waals surface area contributed by atoms with Gasteiger partial charge in [-0.15, -0.1) is 0 Å². The van der Waals surface area contributed by atoms with Crippen molar-refractivity contribution in [2.75, 3.05) is 12.4 Å². The molecule has 0 saturated carbocycles. The van der Waals surface area contributed by atoms with E-state index in [0.29, 0.717) is 0 Å². The molecule has 0 N–H and O–H groups in total. The maximum atomic E-state index is 12.7. The van der Waals surface area contributed by atoms with E-state index in [0.717, 1.165) is 0 Å². The molecular formula is C5H4F6S. The zero-order chi connectivity index (χ0) is 9.62. The van der Waals surface area contributed by atoms with Crippen LogP contribution in [0.5, 0.6) is 0 Å². The van der Waals surface area contributed by atoms with E-state index in [-0.39, 0.29) is 0 Å². The predicted molar refractivity (Wildman–Crippen MR) is 32.2 cm³/mol. The number of alkyl halides is 6. The van der Waals surface area contributed by atoms with Crippen molar-refractivity contribution in [3.63, 3.8) is 0 Å². The molecule has 1 rings (SSSR count). The molecule has 7 heteroatoms. The summed E-state index contributed by atoms with van der Waals surface area (Å²) in [7, 11) is 0. The Morgan fingerprint density at radius 3 is 1.75 bits per heavy atom. The highest BCUT2D eigenvalue weighted by atomic mass is 32.2. The van der Waals surface area contributed by atoms with Crippen molar-refractivity contribution in [3.8, 4) is 0 Å². The van der Waals surface area contributed by atoms with E-state index in [1.807, 2.05) is 0 Å². The van der Waals surface area contributed by atoms with E-state index in [9.17, 15) is 26.3 Å². The van der Waals surface area contributed by atoms with E-state index in [1.54, 1.807) is 0 Å². The minimum Gasteiger partial charge on any atom is -0.247 e. The molecule has 0 aromatic heterocycles. The summed E-state index contributed by atoms with van der Waals surface area (Å²) in [4.78, 5) is 0. The number of hydrogen-bond donors (Lipinski definition) is 0. The van der Waals surface area contributed by atoms with Crippen molar-refractivity contribution in [2.24, 2.45) is 0 Å². The second-order valence-electron chi connectivity index (χ2n) is 2.44. The summed E-state index contributed by atoms with van der Waals surface area (Å²) < 4.78 is 73.9. The van der Waals surface area contributed by atoms with Gasteiger partial charge in [0.05, 0.1) is 5.75 Å². The molecule has 1 atom stereocenters. The molecule has 12 heavy (non-hydrogen) atoms. The van der Waals surface area contributed by atoms with Gasteiger partial charge in [-0.3, -0.25) is 0 Å². The molecule has 0 aliphatic carbocycles. The molecule has 1 heterocycles. The molecule has 0 aromatic rings. The molecule has 72 valence electrons. The van der Waals surface area contributed by atoms with Gasteiger partial charge in [0.25, 0.3) is 11.6 Å². The van der Waals surface area contributed by atoms with E-state index < -0.39 is 41.0 Å². The Hall–Kier alpha value is -0.0700.